The fraction of sp³-hybridized carbons (Fsp3) is 0.0500. The monoisotopic (exact) mass is 315 g/mol. The van der Waals surface area contributed by atoms with Gasteiger partial charge in [0.25, 0.3) is 0 Å². The number of hydrogen-bond acceptors (Lipinski definition) is 2. The Morgan fingerprint density at radius 3 is 2.42 bits per heavy atom. The molecule has 0 fully saturated rings. The zero-order valence-electron chi connectivity index (χ0n) is 13.1. The number of rotatable bonds is 3. The summed E-state index contributed by atoms with van der Waals surface area (Å²) in [4.78, 5) is 1.76. The van der Waals surface area contributed by atoms with Crippen molar-refractivity contribution in [1.29, 1.82) is 5.41 Å². The van der Waals surface area contributed by atoms with E-state index in [2.05, 4.69) is 12.1 Å². The number of anilines is 1. The number of nitrogens with one attached hydrogen (secondary N) is 1. The van der Waals surface area contributed by atoms with Gasteiger partial charge in [-0.05, 0) is 23.6 Å². The summed E-state index contributed by atoms with van der Waals surface area (Å²) >= 11 is 0. The van der Waals surface area contributed by atoms with Crippen LogP contribution in [0, 0.1) is 5.41 Å². The third-order valence-electron chi connectivity index (χ3n) is 4.14. The summed E-state index contributed by atoms with van der Waals surface area (Å²) in [6.07, 6.45) is 0. The Morgan fingerprint density at radius 1 is 0.917 bits per heavy atom. The van der Waals surface area contributed by atoms with Gasteiger partial charge in [0.2, 0.25) is 0 Å². The summed E-state index contributed by atoms with van der Waals surface area (Å²) in [5.41, 5.74) is 7.61. The predicted octanol–water partition coefficient (Wildman–Crippen LogP) is 4.49. The van der Waals surface area contributed by atoms with Crippen LogP contribution >= 0.6 is 0 Å². The van der Waals surface area contributed by atoms with Crippen LogP contribution in [0.2, 0.25) is 0 Å². The number of nitrogens with zero attached hydrogens (tertiary/aromatic N) is 1. The molecule has 4 nitrogen and oxygen atoms in total. The highest BCUT2D eigenvalue weighted by molar-refractivity contribution is 6.03. The van der Waals surface area contributed by atoms with Gasteiger partial charge < -0.3 is 15.1 Å². The van der Waals surface area contributed by atoms with Gasteiger partial charge in [-0.3, -0.25) is 5.41 Å². The Kier molecular flexibility index (Phi) is 3.43. The normalized spacial score (nSPS) is 11.0. The van der Waals surface area contributed by atoms with Gasteiger partial charge in [-0.25, -0.2) is 0 Å². The number of furan rings is 1. The summed E-state index contributed by atoms with van der Waals surface area (Å²) in [6.45, 7) is 0.415. The molecule has 0 atom stereocenters. The van der Waals surface area contributed by atoms with Gasteiger partial charge in [0.15, 0.2) is 5.96 Å². The van der Waals surface area contributed by atoms with Crippen molar-refractivity contribution in [3.63, 3.8) is 0 Å². The fourth-order valence-electron chi connectivity index (χ4n) is 3.01. The second kappa shape index (κ2) is 5.74. The summed E-state index contributed by atoms with van der Waals surface area (Å²) < 4.78 is 5.89. The molecule has 0 radical (unpaired) electrons. The molecule has 0 aliphatic carbocycles. The van der Waals surface area contributed by atoms with Gasteiger partial charge in [-0.15, -0.1) is 0 Å². The van der Waals surface area contributed by atoms with E-state index in [-0.39, 0.29) is 5.96 Å². The first-order chi connectivity index (χ1) is 11.7. The summed E-state index contributed by atoms with van der Waals surface area (Å²) in [5.74, 6) is 0.770. The Bertz CT molecular complexity index is 997. The van der Waals surface area contributed by atoms with Gasteiger partial charge in [-0.2, -0.15) is 0 Å². The molecule has 4 rings (SSSR count). The van der Waals surface area contributed by atoms with Crippen LogP contribution in [0.5, 0.6) is 0 Å². The van der Waals surface area contributed by atoms with Crippen LogP contribution in [0.1, 0.15) is 5.76 Å². The van der Waals surface area contributed by atoms with Crippen LogP contribution in [0.15, 0.2) is 77.2 Å². The molecule has 118 valence electrons. The lowest BCUT2D eigenvalue weighted by Gasteiger charge is -2.23. The van der Waals surface area contributed by atoms with E-state index in [1.165, 1.54) is 0 Å². The van der Waals surface area contributed by atoms with Crippen molar-refractivity contribution in [2.24, 2.45) is 5.73 Å². The molecule has 4 aromatic rings. The third-order valence-corrected chi connectivity index (χ3v) is 4.14. The second-order valence-electron chi connectivity index (χ2n) is 5.72. The summed E-state index contributed by atoms with van der Waals surface area (Å²) in [6, 6.07) is 24.0. The van der Waals surface area contributed by atoms with E-state index in [1.807, 2.05) is 60.7 Å². The zero-order valence-corrected chi connectivity index (χ0v) is 13.1. The highest BCUT2D eigenvalue weighted by Gasteiger charge is 2.15. The quantitative estimate of drug-likeness (QED) is 0.432. The van der Waals surface area contributed by atoms with E-state index < -0.39 is 0 Å². The maximum atomic E-state index is 8.01. The van der Waals surface area contributed by atoms with Crippen molar-refractivity contribution in [1.82, 2.24) is 0 Å². The molecule has 1 aromatic heterocycles. The lowest BCUT2D eigenvalue weighted by molar-refractivity contribution is 0.551. The molecule has 0 amide bonds. The molecule has 1 heterocycles. The highest BCUT2D eigenvalue weighted by atomic mass is 16.3. The van der Waals surface area contributed by atoms with Crippen LogP contribution in [0.3, 0.4) is 0 Å². The standard InChI is InChI=1S/C20H17N3O/c21-20(22)23(13-16-12-15-7-2-4-11-19(15)24-16)18-10-5-8-14-6-1-3-9-17(14)18/h1-12H,13H2,(H3,21,22). The third kappa shape index (κ3) is 2.48. The van der Waals surface area contributed by atoms with E-state index in [9.17, 15) is 0 Å². The van der Waals surface area contributed by atoms with Gasteiger partial charge in [-0.1, -0.05) is 54.6 Å². The minimum absolute atomic E-state index is 0.00758. The minimum Gasteiger partial charge on any atom is -0.459 e. The van der Waals surface area contributed by atoms with E-state index in [0.29, 0.717) is 6.54 Å². The molecule has 4 heteroatoms. The molecule has 0 spiro atoms. The van der Waals surface area contributed by atoms with Crippen molar-refractivity contribution >= 4 is 33.4 Å². The van der Waals surface area contributed by atoms with E-state index in [1.54, 1.807) is 4.90 Å². The van der Waals surface area contributed by atoms with E-state index >= 15 is 0 Å². The molecule has 0 unspecified atom stereocenters. The topological polar surface area (TPSA) is 66.2 Å². The number of nitrogens with two attached hydrogens (primary N) is 1. The van der Waals surface area contributed by atoms with Crippen molar-refractivity contribution in [2.45, 2.75) is 6.54 Å². The molecule has 0 aliphatic rings. The van der Waals surface area contributed by atoms with Crippen molar-refractivity contribution in [3.05, 3.63) is 78.6 Å². The number of fused-ring (bicyclic) bond motifs is 2. The highest BCUT2D eigenvalue weighted by Crippen LogP contribution is 2.29. The first-order valence-corrected chi connectivity index (χ1v) is 7.79. The SMILES string of the molecule is N=C(N)N(Cc1cc2ccccc2o1)c1cccc2ccccc12. The largest absolute Gasteiger partial charge is 0.459 e. The van der Waals surface area contributed by atoms with Crippen molar-refractivity contribution in [2.75, 3.05) is 4.90 Å². The van der Waals surface area contributed by atoms with Gasteiger partial charge in [0, 0.05) is 10.8 Å². The van der Waals surface area contributed by atoms with Gasteiger partial charge in [0.1, 0.15) is 11.3 Å². The molecule has 24 heavy (non-hydrogen) atoms. The molecule has 0 saturated carbocycles. The lowest BCUT2D eigenvalue weighted by Crippen LogP contribution is -2.35. The van der Waals surface area contributed by atoms with Crippen LogP contribution < -0.4 is 10.6 Å². The first kappa shape index (κ1) is 14.3. The number of para-hydroxylation sites is 1. The fourth-order valence-corrected chi connectivity index (χ4v) is 3.01. The number of guanidine groups is 1. The van der Waals surface area contributed by atoms with Crippen molar-refractivity contribution < 1.29 is 4.42 Å². The second-order valence-corrected chi connectivity index (χ2v) is 5.72. The average molecular weight is 315 g/mol. The molecule has 0 saturated heterocycles. The Balaban J connectivity index is 1.78. The lowest BCUT2D eigenvalue weighted by atomic mass is 10.1. The van der Waals surface area contributed by atoms with E-state index in [0.717, 1.165) is 33.2 Å². The summed E-state index contributed by atoms with van der Waals surface area (Å²) in [5, 5.41) is 11.2. The Labute approximate surface area is 139 Å². The zero-order chi connectivity index (χ0) is 16.5. The van der Waals surface area contributed by atoms with E-state index in [4.69, 9.17) is 15.6 Å². The first-order valence-electron chi connectivity index (χ1n) is 7.79. The van der Waals surface area contributed by atoms with Crippen molar-refractivity contribution in [3.8, 4) is 0 Å². The molecule has 0 aliphatic heterocycles. The molecular weight excluding hydrogens is 298 g/mol. The predicted molar refractivity (Wildman–Crippen MR) is 98.3 cm³/mol. The van der Waals surface area contributed by atoms with Crippen LogP contribution in [0.4, 0.5) is 5.69 Å². The van der Waals surface area contributed by atoms with Crippen LogP contribution in [-0.4, -0.2) is 5.96 Å². The Morgan fingerprint density at radius 2 is 1.62 bits per heavy atom. The minimum atomic E-state index is -0.00758. The van der Waals surface area contributed by atoms with Crippen LogP contribution in [-0.2, 0) is 6.54 Å². The number of hydrogen-bond donors (Lipinski definition) is 2. The maximum Gasteiger partial charge on any atom is 0.193 e. The number of benzene rings is 3. The molecule has 3 N–H and O–H groups in total. The molecule has 0 bridgehead atoms. The van der Waals surface area contributed by atoms with Gasteiger partial charge >= 0.3 is 0 Å². The maximum absolute atomic E-state index is 8.01. The molecule has 3 aromatic carbocycles. The van der Waals surface area contributed by atoms with Gasteiger partial charge in [0.05, 0.1) is 12.2 Å². The Hall–Kier alpha value is -3.27. The molecular formula is C20H17N3O. The smallest absolute Gasteiger partial charge is 0.193 e. The summed E-state index contributed by atoms with van der Waals surface area (Å²) in [7, 11) is 0. The average Bonchev–Trinajstić information content (AvgIpc) is 3.01. The van der Waals surface area contributed by atoms with Crippen LogP contribution in [0.25, 0.3) is 21.7 Å².